The van der Waals surface area contributed by atoms with Gasteiger partial charge in [0.2, 0.25) is 12.7 Å². The molecule has 1 amide bonds. The first-order chi connectivity index (χ1) is 15.2. The number of rotatable bonds is 7. The van der Waals surface area contributed by atoms with Crippen molar-refractivity contribution in [3.8, 4) is 17.2 Å². The lowest BCUT2D eigenvalue weighted by atomic mass is 9.78. The second-order valence-corrected chi connectivity index (χ2v) is 7.95. The van der Waals surface area contributed by atoms with Crippen LogP contribution in [-0.4, -0.2) is 19.8 Å². The van der Waals surface area contributed by atoms with Crippen molar-refractivity contribution in [3.05, 3.63) is 83.9 Å². The first kappa shape index (κ1) is 19.5. The van der Waals surface area contributed by atoms with Gasteiger partial charge in [0.25, 0.3) is 0 Å². The Hall–Kier alpha value is -3.47. The van der Waals surface area contributed by atoms with Crippen molar-refractivity contribution in [1.29, 1.82) is 0 Å². The lowest BCUT2D eigenvalue weighted by Gasteiger charge is -2.47. The van der Waals surface area contributed by atoms with E-state index in [1.807, 2.05) is 41.3 Å². The molecule has 5 nitrogen and oxygen atoms in total. The first-order valence-electron chi connectivity index (χ1n) is 10.7. The van der Waals surface area contributed by atoms with E-state index in [0.717, 1.165) is 42.0 Å². The lowest BCUT2D eigenvalue weighted by molar-refractivity contribution is -0.130. The molecule has 5 heteroatoms. The fourth-order valence-corrected chi connectivity index (χ4v) is 4.51. The van der Waals surface area contributed by atoms with Crippen LogP contribution in [0.2, 0.25) is 0 Å². The summed E-state index contributed by atoms with van der Waals surface area (Å²) in [6.45, 7) is 0.219. The Kier molecular flexibility index (Phi) is 5.24. The Morgan fingerprint density at radius 3 is 2.52 bits per heavy atom. The van der Waals surface area contributed by atoms with Crippen LogP contribution in [0, 0.1) is 5.92 Å². The molecule has 2 atom stereocenters. The molecule has 2 heterocycles. The number of carbonyl (C=O) groups excluding carboxylic acids is 1. The Morgan fingerprint density at radius 2 is 1.74 bits per heavy atom. The molecular formula is C26H25NO4. The van der Waals surface area contributed by atoms with Crippen molar-refractivity contribution in [2.24, 2.45) is 5.92 Å². The van der Waals surface area contributed by atoms with Crippen molar-refractivity contribution in [1.82, 2.24) is 0 Å². The van der Waals surface area contributed by atoms with Crippen LogP contribution in [-0.2, 0) is 11.2 Å². The van der Waals surface area contributed by atoms with E-state index in [2.05, 4.69) is 36.4 Å². The molecule has 1 fully saturated rings. The van der Waals surface area contributed by atoms with Crippen LogP contribution in [0.1, 0.15) is 30.0 Å². The topological polar surface area (TPSA) is 48.0 Å². The second kappa shape index (κ2) is 8.34. The van der Waals surface area contributed by atoms with Gasteiger partial charge in [0.15, 0.2) is 11.5 Å². The highest BCUT2D eigenvalue weighted by Gasteiger charge is 2.48. The minimum atomic E-state index is -0.0393. The summed E-state index contributed by atoms with van der Waals surface area (Å²) in [5, 5.41) is 0. The number of anilines is 1. The van der Waals surface area contributed by atoms with Crippen LogP contribution >= 0.6 is 0 Å². The van der Waals surface area contributed by atoms with Crippen molar-refractivity contribution in [2.75, 3.05) is 18.8 Å². The minimum absolute atomic E-state index is 0.00505. The zero-order valence-corrected chi connectivity index (χ0v) is 17.5. The summed E-state index contributed by atoms with van der Waals surface area (Å²) in [6.07, 6.45) is 2.80. The number of nitrogens with zero attached hydrogens (tertiary/aromatic N) is 1. The van der Waals surface area contributed by atoms with Crippen LogP contribution in [0.3, 0.4) is 0 Å². The number of hydrogen-bond donors (Lipinski definition) is 0. The Balaban J connectivity index is 1.38. The average Bonchev–Trinajstić information content (AvgIpc) is 3.29. The molecular weight excluding hydrogens is 390 g/mol. The first-order valence-corrected chi connectivity index (χ1v) is 10.7. The summed E-state index contributed by atoms with van der Waals surface area (Å²) in [5.74, 6) is 2.34. The van der Waals surface area contributed by atoms with Crippen LogP contribution in [0.25, 0.3) is 0 Å². The van der Waals surface area contributed by atoms with Crippen LogP contribution in [0.5, 0.6) is 17.2 Å². The van der Waals surface area contributed by atoms with Gasteiger partial charge in [0.1, 0.15) is 5.75 Å². The van der Waals surface area contributed by atoms with Gasteiger partial charge in [-0.2, -0.15) is 0 Å². The summed E-state index contributed by atoms with van der Waals surface area (Å²) < 4.78 is 16.3. The molecule has 31 heavy (non-hydrogen) atoms. The molecule has 0 saturated carbocycles. The van der Waals surface area contributed by atoms with E-state index in [-0.39, 0.29) is 24.7 Å². The number of hydrogen-bond acceptors (Lipinski definition) is 4. The molecule has 0 aliphatic carbocycles. The third-order valence-electron chi connectivity index (χ3n) is 6.13. The van der Waals surface area contributed by atoms with Crippen LogP contribution < -0.4 is 19.1 Å². The molecule has 0 aromatic heterocycles. The van der Waals surface area contributed by atoms with Gasteiger partial charge in [-0.25, -0.2) is 0 Å². The van der Waals surface area contributed by atoms with E-state index in [9.17, 15) is 4.79 Å². The van der Waals surface area contributed by atoms with Crippen molar-refractivity contribution < 1.29 is 19.0 Å². The number of fused-ring (bicyclic) bond motifs is 1. The summed E-state index contributed by atoms with van der Waals surface area (Å²) in [4.78, 5) is 15.1. The van der Waals surface area contributed by atoms with Gasteiger partial charge >= 0.3 is 0 Å². The van der Waals surface area contributed by atoms with Gasteiger partial charge in [-0.15, -0.1) is 0 Å². The molecule has 0 unspecified atom stereocenters. The molecule has 2 aliphatic heterocycles. The maximum atomic E-state index is 13.2. The third kappa shape index (κ3) is 3.72. The van der Waals surface area contributed by atoms with Gasteiger partial charge in [-0.3, -0.25) is 4.79 Å². The maximum absolute atomic E-state index is 13.2. The fraction of sp³-hybridized carbons (Fsp3) is 0.269. The maximum Gasteiger partial charge on any atom is 0.233 e. The smallest absolute Gasteiger partial charge is 0.233 e. The highest BCUT2D eigenvalue weighted by Crippen LogP contribution is 2.48. The number of benzene rings is 3. The molecule has 0 bridgehead atoms. The third-order valence-corrected chi connectivity index (χ3v) is 6.13. The predicted molar refractivity (Wildman–Crippen MR) is 119 cm³/mol. The standard InChI is InChI=1S/C26H25NO4/c1-29-21-13-10-19(11-14-21)25-22(9-5-8-18-6-3-2-4-7-18)26(28)27(25)20-12-15-23-24(16-20)31-17-30-23/h2-4,6-7,10-16,22,25H,5,8-9,17H2,1H3/t22-,25-/m1/s1. The Bertz CT molecular complexity index is 1060. The van der Waals surface area contributed by atoms with E-state index in [0.29, 0.717) is 5.75 Å². The number of ether oxygens (including phenoxy) is 3. The number of amides is 1. The van der Waals surface area contributed by atoms with E-state index >= 15 is 0 Å². The zero-order chi connectivity index (χ0) is 21.2. The molecule has 158 valence electrons. The number of methoxy groups -OCH3 is 1. The quantitative estimate of drug-likeness (QED) is 0.501. The van der Waals surface area contributed by atoms with Gasteiger partial charge in [-0.05, 0) is 54.7 Å². The van der Waals surface area contributed by atoms with Gasteiger partial charge in [0.05, 0.1) is 19.1 Å². The highest BCUT2D eigenvalue weighted by atomic mass is 16.7. The molecule has 3 aromatic carbocycles. The normalized spacial score (nSPS) is 19.3. The zero-order valence-electron chi connectivity index (χ0n) is 17.5. The summed E-state index contributed by atoms with van der Waals surface area (Å²) in [7, 11) is 1.66. The van der Waals surface area contributed by atoms with E-state index in [1.54, 1.807) is 7.11 Å². The molecule has 5 rings (SSSR count). The Morgan fingerprint density at radius 1 is 0.968 bits per heavy atom. The van der Waals surface area contributed by atoms with Gasteiger partial charge in [0, 0.05) is 11.8 Å². The number of aryl methyl sites for hydroxylation is 1. The number of β-lactam (4-membered cyclic amide) rings is 1. The number of carbonyl (C=O) groups is 1. The molecule has 2 aliphatic rings. The highest BCUT2D eigenvalue weighted by molar-refractivity contribution is 6.03. The van der Waals surface area contributed by atoms with Crippen LogP contribution in [0.15, 0.2) is 72.8 Å². The van der Waals surface area contributed by atoms with Crippen LogP contribution in [0.4, 0.5) is 5.69 Å². The Labute approximate surface area is 182 Å². The monoisotopic (exact) mass is 415 g/mol. The lowest BCUT2D eigenvalue weighted by Crippen LogP contribution is -2.55. The predicted octanol–water partition coefficient (Wildman–Crippen LogP) is 5.15. The molecule has 3 aromatic rings. The summed E-state index contributed by atoms with van der Waals surface area (Å²) in [5.41, 5.74) is 3.26. The van der Waals surface area contributed by atoms with Crippen molar-refractivity contribution >= 4 is 11.6 Å². The van der Waals surface area contributed by atoms with Crippen molar-refractivity contribution in [3.63, 3.8) is 0 Å². The van der Waals surface area contributed by atoms with Crippen molar-refractivity contribution in [2.45, 2.75) is 25.3 Å². The molecule has 0 N–H and O–H groups in total. The largest absolute Gasteiger partial charge is 0.497 e. The van der Waals surface area contributed by atoms with E-state index in [1.165, 1.54) is 5.56 Å². The van der Waals surface area contributed by atoms with Gasteiger partial charge < -0.3 is 19.1 Å². The molecule has 0 radical (unpaired) electrons. The molecule has 0 spiro atoms. The van der Waals surface area contributed by atoms with Gasteiger partial charge in [-0.1, -0.05) is 42.5 Å². The fourth-order valence-electron chi connectivity index (χ4n) is 4.51. The molecule has 1 saturated heterocycles. The van der Waals surface area contributed by atoms with E-state index < -0.39 is 0 Å². The SMILES string of the molecule is COc1ccc([C@@H]2[C@@H](CCCc3ccccc3)C(=O)N2c2ccc3c(c2)OCO3)cc1. The van der Waals surface area contributed by atoms with E-state index in [4.69, 9.17) is 14.2 Å². The summed E-state index contributed by atoms with van der Waals surface area (Å²) >= 11 is 0. The second-order valence-electron chi connectivity index (χ2n) is 7.95. The average molecular weight is 415 g/mol. The minimum Gasteiger partial charge on any atom is -0.497 e. The summed E-state index contributed by atoms with van der Waals surface area (Å²) in [6, 6.07) is 24.2.